The molecule has 5 rings (SSSR count). The maximum Gasteiger partial charge on any atom is 0.335 e. The van der Waals surface area contributed by atoms with Crippen LogP contribution in [-0.4, -0.2) is 17.6 Å². The monoisotopic (exact) mass is 513 g/mol. The van der Waals surface area contributed by atoms with E-state index in [0.717, 1.165) is 31.4 Å². The van der Waals surface area contributed by atoms with Crippen LogP contribution >= 0.6 is 12.4 Å². The lowest BCUT2D eigenvalue weighted by Crippen LogP contribution is -2.23. The number of aryl methyl sites for hydroxylation is 1. The molecule has 0 fully saturated rings. The molecule has 0 aromatic heterocycles. The smallest absolute Gasteiger partial charge is 0.335 e. The van der Waals surface area contributed by atoms with Crippen molar-refractivity contribution in [1.82, 2.24) is 5.32 Å². The summed E-state index contributed by atoms with van der Waals surface area (Å²) in [6.45, 7) is 5.17. The van der Waals surface area contributed by atoms with Crippen LogP contribution in [0, 0.1) is 12.8 Å². The number of aromatic carboxylic acids is 1. The van der Waals surface area contributed by atoms with Gasteiger partial charge in [0.1, 0.15) is 0 Å². The van der Waals surface area contributed by atoms with Crippen molar-refractivity contribution < 1.29 is 9.90 Å². The maximum atomic E-state index is 11.5. The molecule has 4 heteroatoms. The highest BCUT2D eigenvalue weighted by molar-refractivity contribution is 5.89. The highest BCUT2D eigenvalue weighted by atomic mass is 35.5. The minimum Gasteiger partial charge on any atom is -0.478 e. The Labute approximate surface area is 226 Å². The lowest BCUT2D eigenvalue weighted by Gasteiger charge is -2.32. The van der Waals surface area contributed by atoms with Gasteiger partial charge >= 0.3 is 5.97 Å². The third kappa shape index (κ3) is 5.89. The fourth-order valence-corrected chi connectivity index (χ4v) is 6.04. The summed E-state index contributed by atoms with van der Waals surface area (Å²) in [5.41, 5.74) is 6.67. The molecule has 0 amide bonds. The molecule has 1 aliphatic rings. The van der Waals surface area contributed by atoms with Crippen molar-refractivity contribution >= 4 is 29.1 Å². The van der Waals surface area contributed by atoms with Gasteiger partial charge in [-0.25, -0.2) is 4.79 Å². The number of fused-ring (bicyclic) bond motifs is 2. The van der Waals surface area contributed by atoms with E-state index in [2.05, 4.69) is 85.0 Å². The number of rotatable bonds is 8. The molecular formula is C33H36ClNO2. The zero-order valence-electron chi connectivity index (χ0n) is 21.6. The first-order chi connectivity index (χ1) is 17.5. The predicted octanol–water partition coefficient (Wildman–Crippen LogP) is 8.09. The lowest BCUT2D eigenvalue weighted by atomic mass is 9.72. The van der Waals surface area contributed by atoms with Crippen molar-refractivity contribution in [2.24, 2.45) is 5.92 Å². The Morgan fingerprint density at radius 1 is 1.00 bits per heavy atom. The molecule has 1 aliphatic carbocycles. The van der Waals surface area contributed by atoms with Gasteiger partial charge in [-0.1, -0.05) is 78.9 Å². The first-order valence-corrected chi connectivity index (χ1v) is 13.1. The van der Waals surface area contributed by atoms with Crippen molar-refractivity contribution in [3.8, 4) is 0 Å². The second-order valence-corrected chi connectivity index (χ2v) is 10.3. The predicted molar refractivity (Wildman–Crippen MR) is 155 cm³/mol. The molecular weight excluding hydrogens is 478 g/mol. The second-order valence-electron chi connectivity index (χ2n) is 10.3. The average molecular weight is 514 g/mol. The third-order valence-corrected chi connectivity index (χ3v) is 7.92. The largest absolute Gasteiger partial charge is 0.478 e. The molecule has 4 aromatic rings. The summed E-state index contributed by atoms with van der Waals surface area (Å²) in [6, 6.07) is 30.2. The van der Waals surface area contributed by atoms with Gasteiger partial charge in [-0.05, 0) is 96.6 Å². The third-order valence-electron chi connectivity index (χ3n) is 7.92. The molecule has 37 heavy (non-hydrogen) atoms. The Hall–Kier alpha value is -3.14. The molecule has 0 aliphatic heterocycles. The molecule has 2 N–H and O–H groups in total. The minimum atomic E-state index is -0.855. The lowest BCUT2D eigenvalue weighted by molar-refractivity contribution is 0.0696. The van der Waals surface area contributed by atoms with Crippen LogP contribution in [0.15, 0.2) is 84.9 Å². The van der Waals surface area contributed by atoms with Crippen molar-refractivity contribution in [2.75, 3.05) is 6.54 Å². The van der Waals surface area contributed by atoms with Crippen LogP contribution in [-0.2, 0) is 6.42 Å². The van der Waals surface area contributed by atoms with Gasteiger partial charge in [0.2, 0.25) is 0 Å². The van der Waals surface area contributed by atoms with Crippen LogP contribution in [0.3, 0.4) is 0 Å². The summed E-state index contributed by atoms with van der Waals surface area (Å²) in [4.78, 5) is 11.5. The standard InChI is InChI=1S/C33H35NO2.ClH/c1-22-19-27(16-17-28(22)33(35)36)32-21-24(20-26-11-4-6-14-31(26)32)9-8-18-34-23(2)29-15-7-12-25-10-3-5-13-30(25)29;/h3-7,10-17,19,23-24,32,34H,8-9,18,20-21H2,1-2H3,(H,35,36);1H/t23-,24?,32?;/m1./s1. The average Bonchev–Trinajstić information content (AvgIpc) is 2.90. The number of halogens is 1. The molecule has 2 unspecified atom stereocenters. The fraction of sp³-hybridized carbons (Fsp3) is 0.303. The normalized spacial score (nSPS) is 17.6. The van der Waals surface area contributed by atoms with E-state index in [1.807, 2.05) is 13.0 Å². The maximum absolute atomic E-state index is 11.5. The van der Waals surface area contributed by atoms with Gasteiger partial charge < -0.3 is 10.4 Å². The Morgan fingerprint density at radius 3 is 2.57 bits per heavy atom. The number of carboxylic acid groups (broad SMARTS) is 1. The Balaban J connectivity index is 0.00000320. The number of hydrogen-bond acceptors (Lipinski definition) is 2. The van der Waals surface area contributed by atoms with Crippen LogP contribution in [0.1, 0.15) is 76.3 Å². The van der Waals surface area contributed by atoms with E-state index in [1.165, 1.54) is 39.4 Å². The van der Waals surface area contributed by atoms with E-state index < -0.39 is 5.97 Å². The minimum absolute atomic E-state index is 0. The number of carbonyl (C=O) groups is 1. The fourth-order valence-electron chi connectivity index (χ4n) is 6.04. The summed E-state index contributed by atoms with van der Waals surface area (Å²) >= 11 is 0. The first kappa shape index (κ1) is 26.9. The highest BCUT2D eigenvalue weighted by Gasteiger charge is 2.28. The first-order valence-electron chi connectivity index (χ1n) is 13.1. The van der Waals surface area contributed by atoms with Crippen LogP contribution < -0.4 is 5.32 Å². The summed E-state index contributed by atoms with van der Waals surface area (Å²) in [6.07, 6.45) is 4.57. The van der Waals surface area contributed by atoms with E-state index in [-0.39, 0.29) is 12.4 Å². The molecule has 0 heterocycles. The van der Waals surface area contributed by atoms with Crippen molar-refractivity contribution in [2.45, 2.75) is 51.5 Å². The van der Waals surface area contributed by atoms with Gasteiger partial charge in [0, 0.05) is 12.0 Å². The number of benzene rings is 4. The summed E-state index contributed by atoms with van der Waals surface area (Å²) < 4.78 is 0. The molecule has 0 saturated heterocycles. The number of nitrogens with one attached hydrogen (secondary N) is 1. The van der Waals surface area contributed by atoms with E-state index in [9.17, 15) is 9.90 Å². The van der Waals surface area contributed by atoms with Crippen molar-refractivity contribution in [3.05, 3.63) is 118 Å². The zero-order chi connectivity index (χ0) is 25.1. The number of hydrogen-bond donors (Lipinski definition) is 2. The zero-order valence-corrected chi connectivity index (χ0v) is 22.4. The van der Waals surface area contributed by atoms with E-state index in [1.54, 1.807) is 6.07 Å². The van der Waals surface area contributed by atoms with E-state index in [0.29, 0.717) is 23.4 Å². The molecule has 0 saturated carbocycles. The van der Waals surface area contributed by atoms with Crippen molar-refractivity contribution in [1.29, 1.82) is 0 Å². The van der Waals surface area contributed by atoms with Crippen LogP contribution in [0.25, 0.3) is 10.8 Å². The van der Waals surface area contributed by atoms with E-state index >= 15 is 0 Å². The quantitative estimate of drug-likeness (QED) is 0.234. The van der Waals surface area contributed by atoms with Gasteiger partial charge in [0.15, 0.2) is 0 Å². The van der Waals surface area contributed by atoms with Gasteiger partial charge in [-0.3, -0.25) is 0 Å². The van der Waals surface area contributed by atoms with E-state index in [4.69, 9.17) is 0 Å². The van der Waals surface area contributed by atoms with Crippen LogP contribution in [0.4, 0.5) is 0 Å². The molecule has 0 bridgehead atoms. The molecule has 0 spiro atoms. The molecule has 4 aromatic carbocycles. The SMILES string of the molecule is Cc1cc(C2CC(CCCN[C@H](C)c3cccc4ccccc34)Cc3ccccc32)ccc1C(=O)O.Cl. The molecule has 0 radical (unpaired) electrons. The topological polar surface area (TPSA) is 49.3 Å². The number of carboxylic acids is 1. The summed E-state index contributed by atoms with van der Waals surface area (Å²) in [5, 5.41) is 15.8. The van der Waals surface area contributed by atoms with Gasteiger partial charge in [-0.15, -0.1) is 12.4 Å². The Morgan fingerprint density at radius 2 is 1.76 bits per heavy atom. The summed E-state index contributed by atoms with van der Waals surface area (Å²) in [7, 11) is 0. The van der Waals surface area contributed by atoms with Gasteiger partial charge in [-0.2, -0.15) is 0 Å². The summed E-state index contributed by atoms with van der Waals surface area (Å²) in [5.74, 6) is 0.0919. The Kier molecular flexibility index (Phi) is 8.68. The highest BCUT2D eigenvalue weighted by Crippen LogP contribution is 2.41. The van der Waals surface area contributed by atoms with Crippen LogP contribution in [0.2, 0.25) is 0 Å². The van der Waals surface area contributed by atoms with Crippen molar-refractivity contribution in [3.63, 3.8) is 0 Å². The van der Waals surface area contributed by atoms with Crippen LogP contribution in [0.5, 0.6) is 0 Å². The van der Waals surface area contributed by atoms with Gasteiger partial charge in [0.05, 0.1) is 5.56 Å². The molecule has 3 atom stereocenters. The molecule has 192 valence electrons. The van der Waals surface area contributed by atoms with Gasteiger partial charge in [0.25, 0.3) is 0 Å². The Bertz CT molecular complexity index is 1380. The second kappa shape index (κ2) is 11.9. The molecule has 3 nitrogen and oxygen atoms in total.